The summed E-state index contributed by atoms with van der Waals surface area (Å²) >= 11 is 2.52. The number of carbonyl (C=O) groups is 2. The third-order valence-corrected chi connectivity index (χ3v) is 4.11. The molecule has 148 valence electrons. The molecule has 0 atom stereocenters. The Morgan fingerprint density at radius 2 is 0.760 bits per heavy atom. The Labute approximate surface area is 158 Å². The van der Waals surface area contributed by atoms with Gasteiger partial charge < -0.3 is 23.7 Å². The van der Waals surface area contributed by atoms with Gasteiger partial charge in [0.1, 0.15) is 0 Å². The summed E-state index contributed by atoms with van der Waals surface area (Å²) in [6.07, 6.45) is 0. The molecular weight excluding hydrogens is 368 g/mol. The molecular formula is C16H30O7S2. The quantitative estimate of drug-likeness (QED) is 0.320. The van der Waals surface area contributed by atoms with E-state index in [-0.39, 0.29) is 10.2 Å². The Morgan fingerprint density at radius 3 is 1.00 bits per heavy atom. The summed E-state index contributed by atoms with van der Waals surface area (Å²) < 4.78 is 26.7. The molecule has 0 radical (unpaired) electrons. The molecule has 0 N–H and O–H groups in total. The minimum atomic E-state index is 0.109. The molecule has 0 saturated heterocycles. The average molecular weight is 399 g/mol. The van der Waals surface area contributed by atoms with Crippen molar-refractivity contribution in [1.82, 2.24) is 0 Å². The Bertz CT molecular complexity index is 300. The third-order valence-electron chi connectivity index (χ3n) is 2.55. The standard InChI is InChI=1S/C16H30O7S2/c1-15(17)24-13-11-22-9-7-20-5-3-19-4-6-21-8-10-23-12-14-25-16(2)18/h3-14H2,1-2H3. The summed E-state index contributed by atoms with van der Waals surface area (Å²) in [5.41, 5.74) is 0. The molecule has 0 aromatic heterocycles. The van der Waals surface area contributed by atoms with Crippen molar-refractivity contribution in [2.24, 2.45) is 0 Å². The van der Waals surface area contributed by atoms with Gasteiger partial charge in [-0.15, -0.1) is 0 Å². The van der Waals surface area contributed by atoms with Crippen molar-refractivity contribution >= 4 is 33.8 Å². The largest absolute Gasteiger partial charge is 0.378 e. The van der Waals surface area contributed by atoms with Crippen LogP contribution >= 0.6 is 23.5 Å². The smallest absolute Gasteiger partial charge is 0.185 e. The van der Waals surface area contributed by atoms with Crippen LogP contribution in [-0.2, 0) is 33.3 Å². The van der Waals surface area contributed by atoms with E-state index in [0.717, 1.165) is 0 Å². The maximum Gasteiger partial charge on any atom is 0.185 e. The summed E-state index contributed by atoms with van der Waals surface area (Å²) in [5, 5.41) is 0.217. The van der Waals surface area contributed by atoms with E-state index in [0.29, 0.717) is 77.6 Å². The lowest BCUT2D eigenvalue weighted by molar-refractivity contribution is -0.109. The molecule has 0 aliphatic heterocycles. The van der Waals surface area contributed by atoms with E-state index in [1.165, 1.54) is 23.5 Å². The molecule has 0 aromatic rings. The molecule has 0 bridgehead atoms. The van der Waals surface area contributed by atoms with Crippen molar-refractivity contribution in [2.45, 2.75) is 13.8 Å². The van der Waals surface area contributed by atoms with E-state index in [9.17, 15) is 9.59 Å². The van der Waals surface area contributed by atoms with Gasteiger partial charge in [-0.25, -0.2) is 0 Å². The van der Waals surface area contributed by atoms with E-state index >= 15 is 0 Å². The normalized spacial score (nSPS) is 11.0. The topological polar surface area (TPSA) is 80.3 Å². The van der Waals surface area contributed by atoms with E-state index in [2.05, 4.69) is 0 Å². The number of rotatable bonds is 18. The van der Waals surface area contributed by atoms with E-state index in [4.69, 9.17) is 23.7 Å². The SMILES string of the molecule is CC(=O)SCCOCCOCCOCCOCCOCCSC(C)=O. The van der Waals surface area contributed by atoms with Gasteiger partial charge in [-0.3, -0.25) is 9.59 Å². The second kappa shape index (κ2) is 20.2. The Hall–Kier alpha value is -0.160. The van der Waals surface area contributed by atoms with Crippen LogP contribution in [0.4, 0.5) is 0 Å². The summed E-state index contributed by atoms with van der Waals surface area (Å²) in [6.45, 7) is 8.35. The molecule has 9 heteroatoms. The maximum atomic E-state index is 10.7. The predicted molar refractivity (Wildman–Crippen MR) is 100 cm³/mol. The molecule has 0 aromatic carbocycles. The van der Waals surface area contributed by atoms with Gasteiger partial charge in [0.2, 0.25) is 0 Å². The fourth-order valence-corrected chi connectivity index (χ4v) is 2.45. The molecule has 0 unspecified atom stereocenters. The Balaban J connectivity index is 3.00. The highest BCUT2D eigenvalue weighted by atomic mass is 32.2. The van der Waals surface area contributed by atoms with E-state index < -0.39 is 0 Å². The number of hydrogen-bond donors (Lipinski definition) is 0. The van der Waals surface area contributed by atoms with E-state index in [1.807, 2.05) is 0 Å². The number of carbonyl (C=O) groups excluding carboxylic acids is 2. The van der Waals surface area contributed by atoms with Gasteiger partial charge in [0.25, 0.3) is 0 Å². The highest BCUT2D eigenvalue weighted by Crippen LogP contribution is 2.00. The monoisotopic (exact) mass is 398 g/mol. The van der Waals surface area contributed by atoms with Gasteiger partial charge in [-0.2, -0.15) is 0 Å². The van der Waals surface area contributed by atoms with Gasteiger partial charge in [0.15, 0.2) is 10.2 Å². The molecule has 0 rings (SSSR count). The first-order chi connectivity index (χ1) is 12.1. The maximum absolute atomic E-state index is 10.7. The lowest BCUT2D eigenvalue weighted by atomic mass is 10.7. The van der Waals surface area contributed by atoms with Crippen LogP contribution < -0.4 is 0 Å². The van der Waals surface area contributed by atoms with Crippen LogP contribution in [-0.4, -0.2) is 87.8 Å². The first kappa shape index (κ1) is 24.8. The third kappa shape index (κ3) is 23.8. The van der Waals surface area contributed by atoms with Crippen LogP contribution in [0.5, 0.6) is 0 Å². The van der Waals surface area contributed by atoms with Crippen LogP contribution in [0.1, 0.15) is 13.8 Å². The molecule has 0 heterocycles. The van der Waals surface area contributed by atoms with Gasteiger partial charge >= 0.3 is 0 Å². The molecule has 25 heavy (non-hydrogen) atoms. The van der Waals surface area contributed by atoms with Crippen LogP contribution in [0.2, 0.25) is 0 Å². The van der Waals surface area contributed by atoms with Gasteiger partial charge in [-0.05, 0) is 0 Å². The lowest BCUT2D eigenvalue weighted by Crippen LogP contribution is -2.14. The summed E-state index contributed by atoms with van der Waals surface area (Å²) in [7, 11) is 0. The predicted octanol–water partition coefficient (Wildman–Crippen LogP) is 1.63. The number of hydrogen-bond acceptors (Lipinski definition) is 9. The first-order valence-corrected chi connectivity index (χ1v) is 10.3. The number of ether oxygens (including phenoxy) is 5. The van der Waals surface area contributed by atoms with Crippen LogP contribution in [0.25, 0.3) is 0 Å². The average Bonchev–Trinajstić information content (AvgIpc) is 2.56. The van der Waals surface area contributed by atoms with Gasteiger partial charge in [-0.1, -0.05) is 23.5 Å². The molecule has 0 aliphatic rings. The fraction of sp³-hybridized carbons (Fsp3) is 0.875. The molecule has 0 spiro atoms. The molecule has 0 amide bonds. The molecule has 0 fully saturated rings. The molecule has 0 aliphatic carbocycles. The van der Waals surface area contributed by atoms with Crippen molar-refractivity contribution in [3.8, 4) is 0 Å². The van der Waals surface area contributed by atoms with Crippen LogP contribution in [0, 0.1) is 0 Å². The number of thioether (sulfide) groups is 2. The second-order valence-corrected chi connectivity index (χ2v) is 7.29. The lowest BCUT2D eigenvalue weighted by Gasteiger charge is -2.07. The second-order valence-electron chi connectivity index (χ2n) is 4.74. The van der Waals surface area contributed by atoms with E-state index in [1.54, 1.807) is 13.8 Å². The molecule has 0 saturated carbocycles. The van der Waals surface area contributed by atoms with Crippen molar-refractivity contribution in [2.75, 3.05) is 77.6 Å². The fourth-order valence-electron chi connectivity index (χ4n) is 1.47. The van der Waals surface area contributed by atoms with Crippen LogP contribution in [0.15, 0.2) is 0 Å². The summed E-state index contributed by atoms with van der Waals surface area (Å²) in [6, 6.07) is 0. The van der Waals surface area contributed by atoms with Crippen LogP contribution in [0.3, 0.4) is 0 Å². The minimum absolute atomic E-state index is 0.109. The summed E-state index contributed by atoms with van der Waals surface area (Å²) in [4.78, 5) is 21.4. The zero-order valence-electron chi connectivity index (χ0n) is 15.2. The van der Waals surface area contributed by atoms with Crippen molar-refractivity contribution < 1.29 is 33.3 Å². The van der Waals surface area contributed by atoms with Crippen molar-refractivity contribution in [3.05, 3.63) is 0 Å². The Morgan fingerprint density at radius 1 is 0.520 bits per heavy atom. The highest BCUT2D eigenvalue weighted by Gasteiger charge is 1.96. The highest BCUT2D eigenvalue weighted by molar-refractivity contribution is 8.13. The van der Waals surface area contributed by atoms with Crippen molar-refractivity contribution in [3.63, 3.8) is 0 Å². The van der Waals surface area contributed by atoms with Gasteiger partial charge in [0, 0.05) is 25.4 Å². The zero-order valence-corrected chi connectivity index (χ0v) is 16.8. The zero-order chi connectivity index (χ0) is 18.6. The minimum Gasteiger partial charge on any atom is -0.378 e. The van der Waals surface area contributed by atoms with Crippen molar-refractivity contribution in [1.29, 1.82) is 0 Å². The summed E-state index contributed by atoms with van der Waals surface area (Å²) in [5.74, 6) is 1.36. The Kier molecular flexibility index (Phi) is 20.0. The first-order valence-electron chi connectivity index (χ1n) is 8.28. The molecule has 7 nitrogen and oxygen atoms in total. The van der Waals surface area contributed by atoms with Gasteiger partial charge in [0.05, 0.1) is 66.1 Å².